The molecule has 3 aromatic carbocycles. The number of anilines is 1. The SMILES string of the molecule is COc1ccc(-c2cc(C(=O)Nc3ccccc3F)c3ccccc3n2)c(OC)c1. The van der Waals surface area contributed by atoms with Crippen LogP contribution in [0, 0.1) is 5.82 Å². The second kappa shape index (κ2) is 8.21. The fourth-order valence-electron chi connectivity index (χ4n) is 3.26. The van der Waals surface area contributed by atoms with Crippen LogP contribution in [0.5, 0.6) is 11.5 Å². The van der Waals surface area contributed by atoms with Crippen molar-refractivity contribution < 1.29 is 18.7 Å². The predicted molar refractivity (Wildman–Crippen MR) is 115 cm³/mol. The summed E-state index contributed by atoms with van der Waals surface area (Å²) in [6.07, 6.45) is 0. The van der Waals surface area contributed by atoms with E-state index in [-0.39, 0.29) is 5.69 Å². The highest BCUT2D eigenvalue weighted by Gasteiger charge is 2.17. The van der Waals surface area contributed by atoms with Gasteiger partial charge >= 0.3 is 0 Å². The number of amides is 1. The molecule has 0 fully saturated rings. The molecule has 30 heavy (non-hydrogen) atoms. The Labute approximate surface area is 173 Å². The third-order valence-electron chi connectivity index (χ3n) is 4.77. The Kier molecular flexibility index (Phi) is 5.30. The molecule has 1 amide bonds. The van der Waals surface area contributed by atoms with Gasteiger partial charge in [-0.3, -0.25) is 4.79 Å². The van der Waals surface area contributed by atoms with Gasteiger partial charge in [0.2, 0.25) is 0 Å². The number of hydrogen-bond donors (Lipinski definition) is 1. The molecular weight excluding hydrogens is 383 g/mol. The van der Waals surface area contributed by atoms with Crippen LogP contribution in [0.3, 0.4) is 0 Å². The average Bonchev–Trinajstić information content (AvgIpc) is 2.79. The number of halogens is 1. The molecule has 0 radical (unpaired) electrons. The van der Waals surface area contributed by atoms with Gasteiger partial charge in [0.25, 0.3) is 5.91 Å². The van der Waals surface area contributed by atoms with E-state index in [4.69, 9.17) is 14.5 Å². The first-order valence-electron chi connectivity index (χ1n) is 9.29. The van der Waals surface area contributed by atoms with Crippen LogP contribution < -0.4 is 14.8 Å². The van der Waals surface area contributed by atoms with Crippen molar-refractivity contribution in [1.29, 1.82) is 0 Å². The number of carbonyl (C=O) groups excluding carboxylic acids is 1. The Hall–Kier alpha value is -3.93. The highest BCUT2D eigenvalue weighted by atomic mass is 19.1. The predicted octanol–water partition coefficient (Wildman–Crippen LogP) is 5.31. The number of rotatable bonds is 5. The number of fused-ring (bicyclic) bond motifs is 1. The van der Waals surface area contributed by atoms with Crippen LogP contribution in [0.2, 0.25) is 0 Å². The smallest absolute Gasteiger partial charge is 0.256 e. The van der Waals surface area contributed by atoms with Gasteiger partial charge in [-0.25, -0.2) is 9.37 Å². The molecule has 6 heteroatoms. The van der Waals surface area contributed by atoms with Crippen molar-refractivity contribution >= 4 is 22.5 Å². The molecule has 150 valence electrons. The van der Waals surface area contributed by atoms with Gasteiger partial charge in [0.05, 0.1) is 36.7 Å². The number of nitrogens with zero attached hydrogens (tertiary/aromatic N) is 1. The number of ether oxygens (including phenoxy) is 2. The molecule has 0 spiro atoms. The van der Waals surface area contributed by atoms with Crippen LogP contribution in [0.4, 0.5) is 10.1 Å². The summed E-state index contributed by atoms with van der Waals surface area (Å²) in [5, 5.41) is 3.32. The fourth-order valence-corrected chi connectivity index (χ4v) is 3.26. The topological polar surface area (TPSA) is 60.5 Å². The lowest BCUT2D eigenvalue weighted by Gasteiger charge is -2.13. The molecule has 0 aliphatic heterocycles. The van der Waals surface area contributed by atoms with E-state index in [9.17, 15) is 9.18 Å². The summed E-state index contributed by atoms with van der Waals surface area (Å²) in [6.45, 7) is 0. The maximum atomic E-state index is 14.0. The standard InChI is InChI=1S/C24H19FN2O3/c1-29-15-11-12-17(23(13-15)30-2)22-14-18(16-7-3-5-9-20(16)26-22)24(28)27-21-10-6-4-8-19(21)25/h3-14H,1-2H3,(H,27,28). The van der Waals surface area contributed by atoms with Crippen LogP contribution in [0.25, 0.3) is 22.2 Å². The number of carbonyl (C=O) groups is 1. The van der Waals surface area contributed by atoms with Crippen LogP contribution in [-0.4, -0.2) is 25.1 Å². The number of methoxy groups -OCH3 is 2. The molecule has 1 heterocycles. The summed E-state index contributed by atoms with van der Waals surface area (Å²) in [7, 11) is 3.14. The van der Waals surface area contributed by atoms with Crippen LogP contribution in [0.1, 0.15) is 10.4 Å². The minimum absolute atomic E-state index is 0.118. The quantitative estimate of drug-likeness (QED) is 0.491. The van der Waals surface area contributed by atoms with Crippen LogP contribution in [-0.2, 0) is 0 Å². The number of benzene rings is 3. The zero-order chi connectivity index (χ0) is 21.1. The van der Waals surface area contributed by atoms with Gasteiger partial charge in [0, 0.05) is 17.0 Å². The van der Waals surface area contributed by atoms with Crippen molar-refractivity contribution in [3.63, 3.8) is 0 Å². The molecule has 0 aliphatic rings. The van der Waals surface area contributed by atoms with Crippen molar-refractivity contribution in [3.8, 4) is 22.8 Å². The van der Waals surface area contributed by atoms with Gasteiger partial charge in [-0.05, 0) is 36.4 Å². The summed E-state index contributed by atoms with van der Waals surface area (Å²) in [6, 6.07) is 20.4. The van der Waals surface area contributed by atoms with E-state index in [2.05, 4.69) is 5.32 Å². The number of hydrogen-bond acceptors (Lipinski definition) is 4. The monoisotopic (exact) mass is 402 g/mol. The third kappa shape index (κ3) is 3.67. The molecule has 0 atom stereocenters. The minimum Gasteiger partial charge on any atom is -0.497 e. The molecule has 0 saturated carbocycles. The van der Waals surface area contributed by atoms with Crippen molar-refractivity contribution in [2.45, 2.75) is 0 Å². The van der Waals surface area contributed by atoms with E-state index in [1.54, 1.807) is 44.6 Å². The second-order valence-corrected chi connectivity index (χ2v) is 6.57. The first kappa shape index (κ1) is 19.4. The van der Waals surface area contributed by atoms with E-state index in [1.807, 2.05) is 30.3 Å². The molecule has 1 N–H and O–H groups in total. The lowest BCUT2D eigenvalue weighted by Crippen LogP contribution is -2.14. The summed E-state index contributed by atoms with van der Waals surface area (Å²) in [5.41, 5.74) is 2.42. The first-order valence-corrected chi connectivity index (χ1v) is 9.29. The maximum Gasteiger partial charge on any atom is 0.256 e. The molecule has 0 unspecified atom stereocenters. The molecule has 0 saturated heterocycles. The molecule has 0 aliphatic carbocycles. The zero-order valence-electron chi connectivity index (χ0n) is 16.5. The van der Waals surface area contributed by atoms with Crippen molar-refractivity contribution in [1.82, 2.24) is 4.98 Å². The summed E-state index contributed by atoms with van der Waals surface area (Å²) in [4.78, 5) is 17.8. The van der Waals surface area contributed by atoms with E-state index in [0.29, 0.717) is 39.2 Å². The average molecular weight is 402 g/mol. The summed E-state index contributed by atoms with van der Waals surface area (Å²) >= 11 is 0. The van der Waals surface area contributed by atoms with Gasteiger partial charge in [0.1, 0.15) is 17.3 Å². The van der Waals surface area contributed by atoms with Gasteiger partial charge in [0.15, 0.2) is 0 Å². The molecule has 4 rings (SSSR count). The van der Waals surface area contributed by atoms with E-state index < -0.39 is 11.7 Å². The lowest BCUT2D eigenvalue weighted by atomic mass is 10.0. The Morgan fingerprint density at radius 1 is 0.933 bits per heavy atom. The number of nitrogens with one attached hydrogen (secondary N) is 1. The maximum absolute atomic E-state index is 14.0. The van der Waals surface area contributed by atoms with Gasteiger partial charge in [-0.15, -0.1) is 0 Å². The highest BCUT2D eigenvalue weighted by Crippen LogP contribution is 2.34. The molecule has 0 bridgehead atoms. The van der Waals surface area contributed by atoms with Crippen LogP contribution in [0.15, 0.2) is 72.8 Å². The van der Waals surface area contributed by atoms with Gasteiger partial charge in [-0.1, -0.05) is 30.3 Å². The molecule has 4 aromatic rings. The largest absolute Gasteiger partial charge is 0.497 e. The van der Waals surface area contributed by atoms with E-state index in [0.717, 1.165) is 0 Å². The Morgan fingerprint density at radius 2 is 1.70 bits per heavy atom. The van der Waals surface area contributed by atoms with Crippen molar-refractivity contribution in [3.05, 3.63) is 84.2 Å². The zero-order valence-corrected chi connectivity index (χ0v) is 16.5. The number of aromatic nitrogens is 1. The number of para-hydroxylation sites is 2. The Morgan fingerprint density at radius 3 is 2.47 bits per heavy atom. The lowest BCUT2D eigenvalue weighted by molar-refractivity contribution is 0.102. The Balaban J connectivity index is 1.85. The normalized spacial score (nSPS) is 10.6. The fraction of sp³-hybridized carbons (Fsp3) is 0.0833. The first-order chi connectivity index (χ1) is 14.6. The molecule has 5 nitrogen and oxygen atoms in total. The van der Waals surface area contributed by atoms with Gasteiger partial charge in [-0.2, -0.15) is 0 Å². The van der Waals surface area contributed by atoms with E-state index in [1.165, 1.54) is 12.1 Å². The van der Waals surface area contributed by atoms with Crippen molar-refractivity contribution in [2.75, 3.05) is 19.5 Å². The highest BCUT2D eigenvalue weighted by molar-refractivity contribution is 6.13. The van der Waals surface area contributed by atoms with Gasteiger partial charge < -0.3 is 14.8 Å². The van der Waals surface area contributed by atoms with Crippen molar-refractivity contribution in [2.24, 2.45) is 0 Å². The molecular formula is C24H19FN2O3. The van der Waals surface area contributed by atoms with Crippen LogP contribution >= 0.6 is 0 Å². The Bertz CT molecular complexity index is 1240. The van der Waals surface area contributed by atoms with E-state index >= 15 is 0 Å². The number of pyridine rings is 1. The minimum atomic E-state index is -0.499. The molecule has 1 aromatic heterocycles. The second-order valence-electron chi connectivity index (χ2n) is 6.57. The summed E-state index contributed by atoms with van der Waals surface area (Å²) in [5.74, 6) is 0.292. The third-order valence-corrected chi connectivity index (χ3v) is 4.77. The summed E-state index contributed by atoms with van der Waals surface area (Å²) < 4.78 is 24.8.